The average molecular weight is 109 g/mol. The summed E-state index contributed by atoms with van der Waals surface area (Å²) in [6, 6.07) is 0. The Kier molecular flexibility index (Phi) is 2.47. The average Bonchev–Trinajstić information content (AvgIpc) is 1.63. The highest BCUT2D eigenvalue weighted by Crippen LogP contribution is 2.31. The predicted octanol–water partition coefficient (Wildman–Crippen LogP) is 0.0813. The topological polar surface area (TPSA) is 26.0 Å². The minimum Gasteiger partial charge on any atom is -0.373 e. The van der Waals surface area contributed by atoms with Crippen LogP contribution in [0.15, 0.2) is 0 Å². The van der Waals surface area contributed by atoms with Gasteiger partial charge in [-0.05, 0) is 0 Å². The highest BCUT2D eigenvalue weighted by atomic mass is 14.3. The summed E-state index contributed by atoms with van der Waals surface area (Å²) in [6.45, 7) is 0. The number of hydrogen-bond acceptors (Lipinski definition) is 1. The quantitative estimate of drug-likeness (QED) is 0.510. The van der Waals surface area contributed by atoms with Crippen LogP contribution in [0.4, 0.5) is 0 Å². The van der Waals surface area contributed by atoms with Crippen LogP contribution in [0.1, 0.15) is 19.3 Å². The SMILES string of the molecule is NBCBC1CCC1. The van der Waals surface area contributed by atoms with Crippen LogP contribution in [0.2, 0.25) is 12.0 Å². The monoisotopic (exact) mass is 109 g/mol. The second-order valence-electron chi connectivity index (χ2n) is 2.73. The van der Waals surface area contributed by atoms with Crippen molar-refractivity contribution in [2.75, 3.05) is 0 Å². The molecule has 8 heavy (non-hydrogen) atoms. The lowest BCUT2D eigenvalue weighted by atomic mass is 9.48. The molecule has 0 bridgehead atoms. The number of rotatable bonds is 3. The Morgan fingerprint density at radius 1 is 1.50 bits per heavy atom. The molecule has 0 unspecified atom stereocenters. The van der Waals surface area contributed by atoms with Gasteiger partial charge in [0.15, 0.2) is 7.41 Å². The van der Waals surface area contributed by atoms with E-state index in [0.29, 0.717) is 0 Å². The van der Waals surface area contributed by atoms with Crippen molar-refractivity contribution in [3.8, 4) is 0 Å². The molecular formula is C5H13B2N. The molecule has 0 aliphatic heterocycles. The molecule has 0 heterocycles. The Balaban J connectivity index is 1.86. The van der Waals surface area contributed by atoms with Crippen molar-refractivity contribution in [3.63, 3.8) is 0 Å². The van der Waals surface area contributed by atoms with Crippen LogP contribution in [0, 0.1) is 0 Å². The molecule has 1 aliphatic rings. The molecule has 0 aromatic heterocycles. The van der Waals surface area contributed by atoms with E-state index in [1.54, 1.807) is 0 Å². The fourth-order valence-corrected chi connectivity index (χ4v) is 1.19. The first-order valence-corrected chi connectivity index (χ1v) is 3.63. The first kappa shape index (κ1) is 6.21. The highest BCUT2D eigenvalue weighted by Gasteiger charge is 2.16. The van der Waals surface area contributed by atoms with Crippen LogP contribution in [0.5, 0.6) is 0 Å². The molecule has 0 atom stereocenters. The van der Waals surface area contributed by atoms with E-state index in [1.165, 1.54) is 32.8 Å². The molecule has 0 aromatic carbocycles. The van der Waals surface area contributed by atoms with Gasteiger partial charge in [-0.25, -0.2) is 0 Å². The van der Waals surface area contributed by atoms with E-state index in [0.717, 1.165) is 13.2 Å². The Labute approximate surface area is 52.5 Å². The van der Waals surface area contributed by atoms with Gasteiger partial charge in [0, 0.05) is 0 Å². The smallest absolute Gasteiger partial charge is 0.190 e. The summed E-state index contributed by atoms with van der Waals surface area (Å²) in [7, 11) is 2.27. The third-order valence-electron chi connectivity index (χ3n) is 2.04. The number of hydrogen-bond donors (Lipinski definition) is 1. The summed E-state index contributed by atoms with van der Waals surface area (Å²) in [5.41, 5.74) is 5.36. The molecule has 0 radical (unpaired) electrons. The lowest BCUT2D eigenvalue weighted by Gasteiger charge is -2.23. The molecule has 0 aromatic rings. The molecule has 1 aliphatic carbocycles. The Morgan fingerprint density at radius 3 is 2.62 bits per heavy atom. The van der Waals surface area contributed by atoms with Crippen molar-refractivity contribution in [1.82, 2.24) is 0 Å². The van der Waals surface area contributed by atoms with E-state index in [-0.39, 0.29) is 0 Å². The van der Waals surface area contributed by atoms with Gasteiger partial charge < -0.3 is 5.64 Å². The predicted molar refractivity (Wildman–Crippen MR) is 40.9 cm³/mol. The molecule has 0 saturated heterocycles. The Hall–Kier alpha value is 0.0899. The molecule has 2 N–H and O–H groups in total. The molecule has 1 rings (SSSR count). The lowest BCUT2D eigenvalue weighted by Crippen LogP contribution is -2.16. The summed E-state index contributed by atoms with van der Waals surface area (Å²) in [5.74, 6) is 1.05. The van der Waals surface area contributed by atoms with Gasteiger partial charge >= 0.3 is 0 Å². The van der Waals surface area contributed by atoms with Gasteiger partial charge in [0.2, 0.25) is 0 Å². The summed E-state index contributed by atoms with van der Waals surface area (Å²) in [4.78, 5) is 0. The van der Waals surface area contributed by atoms with Crippen molar-refractivity contribution in [2.24, 2.45) is 5.64 Å². The highest BCUT2D eigenvalue weighted by molar-refractivity contribution is 6.55. The molecule has 0 spiro atoms. The van der Waals surface area contributed by atoms with Gasteiger partial charge in [0.25, 0.3) is 0 Å². The first-order valence-electron chi connectivity index (χ1n) is 3.63. The van der Waals surface area contributed by atoms with E-state index in [1.807, 2.05) is 0 Å². The third-order valence-corrected chi connectivity index (χ3v) is 2.04. The van der Waals surface area contributed by atoms with Crippen molar-refractivity contribution in [3.05, 3.63) is 0 Å². The van der Waals surface area contributed by atoms with E-state index < -0.39 is 0 Å². The summed E-state index contributed by atoms with van der Waals surface area (Å²) in [5, 5.41) is 0. The van der Waals surface area contributed by atoms with Crippen molar-refractivity contribution >= 4 is 14.7 Å². The summed E-state index contributed by atoms with van der Waals surface area (Å²) < 4.78 is 0. The second kappa shape index (κ2) is 3.18. The minimum atomic E-state index is 0.885. The van der Waals surface area contributed by atoms with Gasteiger partial charge in [0.1, 0.15) is 7.28 Å². The van der Waals surface area contributed by atoms with Crippen molar-refractivity contribution < 1.29 is 0 Å². The third kappa shape index (κ3) is 1.55. The minimum absolute atomic E-state index is 0.885. The Bertz CT molecular complexity index is 63.4. The van der Waals surface area contributed by atoms with E-state index >= 15 is 0 Å². The van der Waals surface area contributed by atoms with E-state index in [9.17, 15) is 0 Å². The van der Waals surface area contributed by atoms with Gasteiger partial charge in [-0.1, -0.05) is 31.3 Å². The standard InChI is InChI=1S/C5H13B2N/c8-7-4-6-5-2-1-3-5/h5-7H,1-4,8H2. The van der Waals surface area contributed by atoms with E-state index in [2.05, 4.69) is 0 Å². The maximum absolute atomic E-state index is 5.36. The normalized spacial score (nSPS) is 19.6. The molecule has 1 fully saturated rings. The van der Waals surface area contributed by atoms with Crippen LogP contribution >= 0.6 is 0 Å². The second-order valence-corrected chi connectivity index (χ2v) is 2.73. The molecule has 3 heteroatoms. The van der Waals surface area contributed by atoms with Crippen LogP contribution in [-0.4, -0.2) is 14.7 Å². The van der Waals surface area contributed by atoms with Gasteiger partial charge in [0.05, 0.1) is 0 Å². The Morgan fingerprint density at radius 2 is 2.25 bits per heavy atom. The van der Waals surface area contributed by atoms with Crippen LogP contribution in [0.25, 0.3) is 0 Å². The largest absolute Gasteiger partial charge is 0.373 e. The molecule has 44 valence electrons. The maximum atomic E-state index is 5.36. The first-order chi connectivity index (χ1) is 3.93. The molecule has 1 saturated carbocycles. The van der Waals surface area contributed by atoms with Crippen molar-refractivity contribution in [1.29, 1.82) is 0 Å². The summed E-state index contributed by atoms with van der Waals surface area (Å²) >= 11 is 0. The zero-order chi connectivity index (χ0) is 5.82. The van der Waals surface area contributed by atoms with Crippen molar-refractivity contribution in [2.45, 2.75) is 31.3 Å². The fraction of sp³-hybridized carbons (Fsp3) is 1.00. The summed E-state index contributed by atoms with van der Waals surface area (Å²) in [6.07, 6.45) is 5.65. The number of nitrogens with two attached hydrogens (primary N) is 1. The van der Waals surface area contributed by atoms with Gasteiger partial charge in [-0.2, -0.15) is 0 Å². The zero-order valence-electron chi connectivity index (χ0n) is 5.40. The lowest BCUT2D eigenvalue weighted by molar-refractivity contribution is 0.499. The molecule has 0 amide bonds. The van der Waals surface area contributed by atoms with Gasteiger partial charge in [-0.3, -0.25) is 0 Å². The van der Waals surface area contributed by atoms with E-state index in [4.69, 9.17) is 5.64 Å². The van der Waals surface area contributed by atoms with Crippen LogP contribution < -0.4 is 5.64 Å². The van der Waals surface area contributed by atoms with Crippen LogP contribution in [0.3, 0.4) is 0 Å². The zero-order valence-corrected chi connectivity index (χ0v) is 5.40. The van der Waals surface area contributed by atoms with Gasteiger partial charge in [-0.15, -0.1) is 0 Å². The van der Waals surface area contributed by atoms with Crippen LogP contribution in [-0.2, 0) is 0 Å². The fourth-order valence-electron chi connectivity index (χ4n) is 1.19. The maximum Gasteiger partial charge on any atom is 0.190 e. The molecular weight excluding hydrogens is 95.7 g/mol. The molecule has 1 nitrogen and oxygen atoms in total.